The highest BCUT2D eigenvalue weighted by molar-refractivity contribution is 6.51. The van der Waals surface area contributed by atoms with Gasteiger partial charge in [0.1, 0.15) is 5.71 Å². The van der Waals surface area contributed by atoms with Crippen LogP contribution in [0.15, 0.2) is 65.9 Å². The Hall–Kier alpha value is -3.22. The van der Waals surface area contributed by atoms with Crippen LogP contribution >= 0.6 is 23.2 Å². The van der Waals surface area contributed by atoms with E-state index in [0.717, 1.165) is 29.4 Å². The number of pyridine rings is 1. The molecule has 4 aromatic rings. The number of H-pyrrole nitrogens is 1. The van der Waals surface area contributed by atoms with Gasteiger partial charge in [-0.25, -0.2) is 4.98 Å². The Morgan fingerprint density at radius 2 is 1.94 bits per heavy atom. The number of aromatic amines is 1. The first kappa shape index (κ1) is 19.7. The number of aromatic nitrogens is 3. The molecule has 1 fully saturated rings. The van der Waals surface area contributed by atoms with Crippen molar-refractivity contribution in [2.24, 2.45) is 10.7 Å². The fourth-order valence-electron chi connectivity index (χ4n) is 3.83. The Labute approximate surface area is 188 Å². The average molecular weight is 449 g/mol. The Morgan fingerprint density at radius 1 is 1.10 bits per heavy atom. The van der Waals surface area contributed by atoms with Crippen LogP contribution in [0.4, 0.5) is 5.95 Å². The van der Waals surface area contributed by atoms with Crippen molar-refractivity contribution in [1.29, 1.82) is 5.41 Å². The Morgan fingerprint density at radius 3 is 2.74 bits per heavy atom. The zero-order valence-electron chi connectivity index (χ0n) is 16.4. The lowest BCUT2D eigenvalue weighted by atomic mass is 9.92. The number of nitrogens with two attached hydrogens (primary N) is 1. The van der Waals surface area contributed by atoms with Crippen LogP contribution in [0.25, 0.3) is 10.9 Å². The molecule has 0 spiro atoms. The molecule has 154 valence electrons. The van der Waals surface area contributed by atoms with Crippen molar-refractivity contribution < 1.29 is 0 Å². The van der Waals surface area contributed by atoms with Crippen molar-refractivity contribution in [2.75, 3.05) is 0 Å². The van der Waals surface area contributed by atoms with Gasteiger partial charge in [-0.1, -0.05) is 47.5 Å². The smallest absolute Gasteiger partial charge is 0.229 e. The number of hydrogen-bond acceptors (Lipinski definition) is 4. The largest absolute Gasteiger partial charge is 0.382 e. The number of amidine groups is 1. The summed E-state index contributed by atoms with van der Waals surface area (Å²) in [6.07, 6.45) is 5.64. The van der Waals surface area contributed by atoms with Crippen LogP contribution < -0.4 is 5.73 Å². The molecule has 31 heavy (non-hydrogen) atoms. The Kier molecular flexibility index (Phi) is 4.76. The van der Waals surface area contributed by atoms with Gasteiger partial charge < -0.3 is 10.7 Å². The highest BCUT2D eigenvalue weighted by Gasteiger charge is 2.47. The molecule has 1 aliphatic rings. The summed E-state index contributed by atoms with van der Waals surface area (Å²) in [5, 5.41) is 10.1. The summed E-state index contributed by atoms with van der Waals surface area (Å²) in [6.45, 7) is 0. The van der Waals surface area contributed by atoms with E-state index in [1.165, 1.54) is 5.56 Å². The second-order valence-electron chi connectivity index (χ2n) is 7.59. The van der Waals surface area contributed by atoms with Gasteiger partial charge in [0.05, 0.1) is 21.8 Å². The zero-order chi connectivity index (χ0) is 21.6. The molecule has 6 nitrogen and oxygen atoms in total. The van der Waals surface area contributed by atoms with Gasteiger partial charge in [-0.2, -0.15) is 4.99 Å². The molecule has 1 saturated carbocycles. The normalized spacial score (nSPS) is 15.2. The maximum atomic E-state index is 8.33. The van der Waals surface area contributed by atoms with Crippen LogP contribution in [-0.2, 0) is 5.41 Å². The highest BCUT2D eigenvalue weighted by Crippen LogP contribution is 2.53. The Balaban J connectivity index is 1.44. The third-order valence-corrected chi connectivity index (χ3v) is 6.51. The van der Waals surface area contributed by atoms with Crippen LogP contribution in [0, 0.1) is 5.41 Å². The topological polar surface area (TPSA) is 104 Å². The molecule has 0 amide bonds. The van der Waals surface area contributed by atoms with E-state index in [1.807, 2.05) is 12.1 Å². The maximum Gasteiger partial charge on any atom is 0.229 e. The molecule has 0 unspecified atom stereocenters. The number of rotatable bonds is 5. The average Bonchev–Trinajstić information content (AvgIpc) is 3.47. The fourth-order valence-corrected chi connectivity index (χ4v) is 4.22. The minimum Gasteiger partial charge on any atom is -0.382 e. The van der Waals surface area contributed by atoms with Crippen LogP contribution in [0.2, 0.25) is 10.0 Å². The summed E-state index contributed by atoms with van der Waals surface area (Å²) in [5.74, 6) is 0.357. The van der Waals surface area contributed by atoms with E-state index in [4.69, 9.17) is 34.3 Å². The highest BCUT2D eigenvalue weighted by atomic mass is 35.5. The molecule has 0 saturated heterocycles. The summed E-state index contributed by atoms with van der Waals surface area (Å²) < 4.78 is 0. The van der Waals surface area contributed by atoms with E-state index in [-0.39, 0.29) is 22.0 Å². The standard InChI is InChI=1S/C23H18Cl2N6/c24-16-5-1-4-15(19(16)25)20(26)21(27)31-22-29-12-18(30-22)23(8-9-23)14-6-7-17-13(11-14)3-2-10-28-17/h1-7,10-12,26H,8-9H2,(H3,27,29,30,31). The van der Waals surface area contributed by atoms with Crippen molar-refractivity contribution >= 4 is 51.6 Å². The first-order chi connectivity index (χ1) is 15.0. The number of fused-ring (bicyclic) bond motifs is 1. The van der Waals surface area contributed by atoms with E-state index in [9.17, 15) is 0 Å². The van der Waals surface area contributed by atoms with Crippen LogP contribution in [0.3, 0.4) is 0 Å². The predicted molar refractivity (Wildman–Crippen MR) is 125 cm³/mol. The zero-order valence-corrected chi connectivity index (χ0v) is 17.9. The van der Waals surface area contributed by atoms with Crippen molar-refractivity contribution in [1.82, 2.24) is 15.0 Å². The van der Waals surface area contributed by atoms with Gasteiger partial charge in [0.2, 0.25) is 5.95 Å². The Bertz CT molecular complexity index is 1350. The van der Waals surface area contributed by atoms with Gasteiger partial charge in [0, 0.05) is 28.3 Å². The third-order valence-electron chi connectivity index (χ3n) is 5.69. The second kappa shape index (κ2) is 7.48. The molecule has 0 atom stereocenters. The lowest BCUT2D eigenvalue weighted by Gasteiger charge is -2.14. The number of hydrogen-bond donors (Lipinski definition) is 3. The van der Waals surface area contributed by atoms with Crippen LogP contribution in [0.1, 0.15) is 29.7 Å². The number of halogens is 2. The van der Waals surface area contributed by atoms with E-state index >= 15 is 0 Å². The van der Waals surface area contributed by atoms with E-state index in [0.29, 0.717) is 16.5 Å². The first-order valence-corrected chi connectivity index (χ1v) is 10.5. The molecule has 0 bridgehead atoms. The maximum absolute atomic E-state index is 8.33. The molecule has 2 aromatic carbocycles. The van der Waals surface area contributed by atoms with Gasteiger partial charge in [-0.15, -0.1) is 0 Å². The minimum atomic E-state index is -0.108. The SMILES string of the molecule is N=C(/C(N)=N\c1ncc(C2(c3ccc4ncccc4c3)CC2)[nH]1)c1cccc(Cl)c1Cl. The quantitative estimate of drug-likeness (QED) is 0.281. The number of imidazole rings is 1. The number of benzene rings is 2. The second-order valence-corrected chi connectivity index (χ2v) is 8.37. The molecule has 2 aromatic heterocycles. The molecule has 2 heterocycles. The summed E-state index contributed by atoms with van der Waals surface area (Å²) in [4.78, 5) is 16.4. The lowest BCUT2D eigenvalue weighted by molar-refractivity contribution is 0.814. The van der Waals surface area contributed by atoms with Gasteiger partial charge in [-0.05, 0) is 42.7 Å². The van der Waals surface area contributed by atoms with Crippen molar-refractivity contribution in [3.8, 4) is 0 Å². The van der Waals surface area contributed by atoms with Crippen molar-refractivity contribution in [2.45, 2.75) is 18.3 Å². The molecule has 0 aliphatic heterocycles. The van der Waals surface area contributed by atoms with E-state index < -0.39 is 0 Å². The first-order valence-electron chi connectivity index (χ1n) is 9.76. The molecular weight excluding hydrogens is 431 g/mol. The molecule has 5 rings (SSSR count). The summed E-state index contributed by atoms with van der Waals surface area (Å²) in [5.41, 5.74) is 9.55. The van der Waals surface area contributed by atoms with Gasteiger partial charge in [0.15, 0.2) is 5.84 Å². The van der Waals surface area contributed by atoms with Crippen LogP contribution in [-0.4, -0.2) is 26.5 Å². The minimum absolute atomic E-state index is 0.00591. The molecular formula is C23H18Cl2N6. The van der Waals surface area contributed by atoms with Gasteiger partial charge in [-0.3, -0.25) is 10.4 Å². The third kappa shape index (κ3) is 3.48. The number of nitrogens with zero attached hydrogens (tertiary/aromatic N) is 3. The summed E-state index contributed by atoms with van der Waals surface area (Å²) in [7, 11) is 0. The van der Waals surface area contributed by atoms with Gasteiger partial charge in [0.25, 0.3) is 0 Å². The fraction of sp³-hybridized carbons (Fsp3) is 0.130. The molecule has 0 radical (unpaired) electrons. The van der Waals surface area contributed by atoms with Crippen LogP contribution in [0.5, 0.6) is 0 Å². The van der Waals surface area contributed by atoms with Crippen molar-refractivity contribution in [3.63, 3.8) is 0 Å². The molecule has 1 aliphatic carbocycles. The number of aliphatic imine (C=N–C) groups is 1. The predicted octanol–water partition coefficient (Wildman–Crippen LogP) is 5.40. The summed E-state index contributed by atoms with van der Waals surface area (Å²) >= 11 is 12.3. The number of nitrogens with one attached hydrogen (secondary N) is 2. The monoisotopic (exact) mass is 448 g/mol. The molecule has 8 heteroatoms. The molecule has 4 N–H and O–H groups in total. The lowest BCUT2D eigenvalue weighted by Crippen LogP contribution is -2.24. The van der Waals surface area contributed by atoms with Crippen molar-refractivity contribution in [3.05, 3.63) is 87.8 Å². The van der Waals surface area contributed by atoms with Gasteiger partial charge >= 0.3 is 0 Å². The summed E-state index contributed by atoms with van der Waals surface area (Å²) in [6, 6.07) is 15.4. The van der Waals surface area contributed by atoms with E-state index in [1.54, 1.807) is 30.6 Å². The van der Waals surface area contributed by atoms with E-state index in [2.05, 4.69) is 38.1 Å².